The molecule has 0 spiro atoms. The molecule has 0 fully saturated rings. The van der Waals surface area contributed by atoms with Gasteiger partial charge in [-0.1, -0.05) is 24.3 Å². The minimum absolute atomic E-state index is 0.199. The van der Waals surface area contributed by atoms with Gasteiger partial charge in [0.05, 0.1) is 12.6 Å². The zero-order valence-corrected chi connectivity index (χ0v) is 12.9. The Hall–Kier alpha value is -2.99. The standard InChI is InChI=1S/C18H18N2O4/c21-10-12(8-11-9-19-14-5-2-1-4-13(11)14)20-18(24)17-15(22)6-3-7-16(17)23/h1-7,9,12,19,21-23H,8,10H2,(H,20,24)/t12-/m0/s1. The van der Waals surface area contributed by atoms with Crippen LogP contribution >= 0.6 is 0 Å². The van der Waals surface area contributed by atoms with E-state index in [1.54, 1.807) is 0 Å². The number of aromatic amines is 1. The Labute approximate surface area is 138 Å². The Morgan fingerprint density at radius 1 is 1.08 bits per heavy atom. The first-order chi connectivity index (χ1) is 11.6. The average Bonchev–Trinajstić information content (AvgIpc) is 2.97. The fourth-order valence-corrected chi connectivity index (χ4v) is 2.75. The number of para-hydroxylation sites is 1. The highest BCUT2D eigenvalue weighted by atomic mass is 16.3. The number of aliphatic hydroxyl groups is 1. The van der Waals surface area contributed by atoms with Gasteiger partial charge in [0.2, 0.25) is 0 Å². The summed E-state index contributed by atoms with van der Waals surface area (Å²) in [6.45, 7) is -0.264. The number of phenolic OH excluding ortho intramolecular Hbond substituents is 2. The quantitative estimate of drug-likeness (QED) is 0.494. The molecule has 0 radical (unpaired) electrons. The summed E-state index contributed by atoms with van der Waals surface area (Å²) in [7, 11) is 0. The number of amides is 1. The monoisotopic (exact) mass is 326 g/mol. The van der Waals surface area contributed by atoms with Crippen molar-refractivity contribution in [1.82, 2.24) is 10.3 Å². The lowest BCUT2D eigenvalue weighted by Gasteiger charge is -2.17. The van der Waals surface area contributed by atoms with Gasteiger partial charge in [-0.2, -0.15) is 0 Å². The first-order valence-corrected chi connectivity index (χ1v) is 7.58. The summed E-state index contributed by atoms with van der Waals surface area (Å²) in [6, 6.07) is 11.3. The summed E-state index contributed by atoms with van der Waals surface area (Å²) < 4.78 is 0. The van der Waals surface area contributed by atoms with E-state index in [1.165, 1.54) is 18.2 Å². The molecular weight excluding hydrogens is 308 g/mol. The zero-order chi connectivity index (χ0) is 17.1. The summed E-state index contributed by atoms with van der Waals surface area (Å²) in [6.07, 6.45) is 2.26. The van der Waals surface area contributed by atoms with Crippen molar-refractivity contribution in [2.24, 2.45) is 0 Å². The SMILES string of the molecule is O=C(N[C@H](CO)Cc1c[nH]c2ccccc12)c1c(O)cccc1O. The van der Waals surface area contributed by atoms with Gasteiger partial charge in [-0.25, -0.2) is 0 Å². The number of carbonyl (C=O) groups excluding carboxylic acids is 1. The van der Waals surface area contributed by atoms with E-state index in [0.29, 0.717) is 6.42 Å². The van der Waals surface area contributed by atoms with Crippen LogP contribution < -0.4 is 5.32 Å². The first kappa shape index (κ1) is 15.9. The molecular formula is C18H18N2O4. The Kier molecular flexibility index (Phi) is 4.39. The highest BCUT2D eigenvalue weighted by molar-refractivity contribution is 5.99. The van der Waals surface area contributed by atoms with E-state index in [2.05, 4.69) is 10.3 Å². The normalized spacial score (nSPS) is 12.2. The van der Waals surface area contributed by atoms with Gasteiger partial charge in [0, 0.05) is 17.1 Å². The Morgan fingerprint density at radius 3 is 2.50 bits per heavy atom. The third-order valence-electron chi connectivity index (χ3n) is 3.94. The third kappa shape index (κ3) is 3.04. The van der Waals surface area contributed by atoms with Crippen LogP contribution in [0, 0.1) is 0 Å². The highest BCUT2D eigenvalue weighted by Crippen LogP contribution is 2.26. The van der Waals surface area contributed by atoms with E-state index >= 15 is 0 Å². The number of fused-ring (bicyclic) bond motifs is 1. The van der Waals surface area contributed by atoms with Crippen molar-refractivity contribution >= 4 is 16.8 Å². The van der Waals surface area contributed by atoms with Crippen molar-refractivity contribution in [3.8, 4) is 11.5 Å². The minimum Gasteiger partial charge on any atom is -0.507 e. The summed E-state index contributed by atoms with van der Waals surface area (Å²) >= 11 is 0. The van der Waals surface area contributed by atoms with Crippen LogP contribution in [0.2, 0.25) is 0 Å². The van der Waals surface area contributed by atoms with Crippen molar-refractivity contribution in [2.75, 3.05) is 6.61 Å². The first-order valence-electron chi connectivity index (χ1n) is 7.58. The van der Waals surface area contributed by atoms with Gasteiger partial charge < -0.3 is 25.6 Å². The van der Waals surface area contributed by atoms with Crippen LogP contribution in [0.3, 0.4) is 0 Å². The molecule has 0 aliphatic rings. The van der Waals surface area contributed by atoms with Gasteiger partial charge in [-0.3, -0.25) is 4.79 Å². The van der Waals surface area contributed by atoms with E-state index in [0.717, 1.165) is 16.5 Å². The molecule has 0 saturated carbocycles. The maximum atomic E-state index is 12.3. The summed E-state index contributed by atoms with van der Waals surface area (Å²) in [5, 5.41) is 32.8. The van der Waals surface area contributed by atoms with E-state index in [9.17, 15) is 20.1 Å². The van der Waals surface area contributed by atoms with Gasteiger partial charge in [-0.15, -0.1) is 0 Å². The summed E-state index contributed by atoms with van der Waals surface area (Å²) in [4.78, 5) is 15.4. The second-order valence-corrected chi connectivity index (χ2v) is 5.59. The van der Waals surface area contributed by atoms with Crippen molar-refractivity contribution in [3.05, 3.63) is 59.8 Å². The minimum atomic E-state index is -0.635. The van der Waals surface area contributed by atoms with Gasteiger partial charge >= 0.3 is 0 Å². The molecule has 3 rings (SSSR count). The maximum absolute atomic E-state index is 12.3. The number of aromatic hydroxyl groups is 2. The van der Waals surface area contributed by atoms with Gasteiger partial charge in [0.1, 0.15) is 17.1 Å². The van der Waals surface area contributed by atoms with Gasteiger partial charge in [0.25, 0.3) is 5.91 Å². The second-order valence-electron chi connectivity index (χ2n) is 5.59. The Morgan fingerprint density at radius 2 is 1.79 bits per heavy atom. The number of rotatable bonds is 5. The topological polar surface area (TPSA) is 106 Å². The second kappa shape index (κ2) is 6.64. The third-order valence-corrected chi connectivity index (χ3v) is 3.94. The Bertz CT molecular complexity index is 852. The van der Waals surface area contributed by atoms with E-state index in [-0.39, 0.29) is 23.7 Å². The molecule has 124 valence electrons. The van der Waals surface area contributed by atoms with E-state index in [1.807, 2.05) is 30.5 Å². The number of aliphatic hydroxyl groups excluding tert-OH is 1. The van der Waals surface area contributed by atoms with Crippen molar-refractivity contribution in [1.29, 1.82) is 0 Å². The molecule has 1 atom stereocenters. The molecule has 3 aromatic rings. The smallest absolute Gasteiger partial charge is 0.259 e. The summed E-state index contributed by atoms with van der Waals surface area (Å²) in [5.41, 5.74) is 1.75. The largest absolute Gasteiger partial charge is 0.507 e. The Balaban J connectivity index is 1.79. The number of nitrogens with one attached hydrogen (secondary N) is 2. The molecule has 0 bridgehead atoms. The van der Waals surface area contributed by atoms with Crippen molar-refractivity contribution in [3.63, 3.8) is 0 Å². The maximum Gasteiger partial charge on any atom is 0.259 e. The van der Waals surface area contributed by atoms with Gasteiger partial charge in [-0.05, 0) is 30.2 Å². The number of carbonyl (C=O) groups is 1. The van der Waals surface area contributed by atoms with Crippen LogP contribution in [0.25, 0.3) is 10.9 Å². The predicted octanol–water partition coefficient (Wildman–Crippen LogP) is 1.91. The fourth-order valence-electron chi connectivity index (χ4n) is 2.75. The van der Waals surface area contributed by atoms with Crippen LogP contribution in [0.5, 0.6) is 11.5 Å². The molecule has 2 aromatic carbocycles. The van der Waals surface area contributed by atoms with E-state index in [4.69, 9.17) is 0 Å². The molecule has 5 N–H and O–H groups in total. The molecule has 1 heterocycles. The van der Waals surface area contributed by atoms with Crippen molar-refractivity contribution in [2.45, 2.75) is 12.5 Å². The average molecular weight is 326 g/mol. The number of phenols is 2. The number of H-pyrrole nitrogens is 1. The number of hydrogen-bond acceptors (Lipinski definition) is 4. The molecule has 0 saturated heterocycles. The number of aromatic nitrogens is 1. The molecule has 0 aliphatic carbocycles. The lowest BCUT2D eigenvalue weighted by atomic mass is 10.0. The van der Waals surface area contributed by atoms with Crippen LogP contribution in [0.15, 0.2) is 48.7 Å². The van der Waals surface area contributed by atoms with Crippen LogP contribution in [0.4, 0.5) is 0 Å². The molecule has 1 amide bonds. The van der Waals surface area contributed by atoms with Crippen LogP contribution in [0.1, 0.15) is 15.9 Å². The molecule has 6 nitrogen and oxygen atoms in total. The lowest BCUT2D eigenvalue weighted by Crippen LogP contribution is -2.39. The van der Waals surface area contributed by atoms with Gasteiger partial charge in [0.15, 0.2) is 0 Å². The molecule has 1 aromatic heterocycles. The zero-order valence-electron chi connectivity index (χ0n) is 12.9. The van der Waals surface area contributed by atoms with E-state index < -0.39 is 11.9 Å². The molecule has 0 unspecified atom stereocenters. The van der Waals surface area contributed by atoms with Crippen LogP contribution in [-0.4, -0.2) is 38.9 Å². The molecule has 6 heteroatoms. The highest BCUT2D eigenvalue weighted by Gasteiger charge is 2.20. The summed E-state index contributed by atoms with van der Waals surface area (Å²) in [5.74, 6) is -1.25. The molecule has 0 aliphatic heterocycles. The predicted molar refractivity (Wildman–Crippen MR) is 90.1 cm³/mol. The lowest BCUT2D eigenvalue weighted by molar-refractivity contribution is 0.0911. The fraction of sp³-hybridized carbons (Fsp3) is 0.167. The van der Waals surface area contributed by atoms with Crippen LogP contribution in [-0.2, 0) is 6.42 Å². The molecule has 24 heavy (non-hydrogen) atoms. The number of hydrogen-bond donors (Lipinski definition) is 5. The van der Waals surface area contributed by atoms with Crippen molar-refractivity contribution < 1.29 is 20.1 Å². The number of benzene rings is 2.